The number of nitrogens with zero attached hydrogens (tertiary/aromatic N) is 3. The Bertz CT molecular complexity index is 859. The molecule has 1 atom stereocenters. The van der Waals surface area contributed by atoms with Crippen LogP contribution in [-0.4, -0.2) is 40.4 Å². The molecule has 136 valence electrons. The summed E-state index contributed by atoms with van der Waals surface area (Å²) in [5, 5.41) is 3.00. The van der Waals surface area contributed by atoms with Gasteiger partial charge in [-0.25, -0.2) is 14.8 Å². The maximum atomic E-state index is 13.2. The average molecular weight is 371 g/mol. The first kappa shape index (κ1) is 17.1. The summed E-state index contributed by atoms with van der Waals surface area (Å²) >= 11 is 1.60. The lowest BCUT2D eigenvalue weighted by molar-refractivity contribution is 0.0593. The van der Waals surface area contributed by atoms with Crippen molar-refractivity contribution in [3.05, 3.63) is 45.2 Å². The summed E-state index contributed by atoms with van der Waals surface area (Å²) in [6, 6.07) is 3.41. The van der Waals surface area contributed by atoms with Crippen molar-refractivity contribution in [2.45, 2.75) is 44.6 Å². The number of carbonyl (C=O) groups is 2. The van der Waals surface area contributed by atoms with Crippen LogP contribution in [0.2, 0.25) is 0 Å². The largest absolute Gasteiger partial charge is 0.464 e. The second-order valence-corrected chi connectivity index (χ2v) is 7.81. The van der Waals surface area contributed by atoms with E-state index in [4.69, 9.17) is 4.74 Å². The fraction of sp³-hybridized carbons (Fsp3) is 0.474. The fourth-order valence-corrected chi connectivity index (χ4v) is 4.37. The Kier molecular flexibility index (Phi) is 4.48. The lowest BCUT2D eigenvalue weighted by atomic mass is 10.1. The van der Waals surface area contributed by atoms with E-state index in [1.54, 1.807) is 17.4 Å². The zero-order chi connectivity index (χ0) is 18.3. The van der Waals surface area contributed by atoms with Crippen molar-refractivity contribution in [2.75, 3.05) is 13.7 Å². The number of aryl methyl sites for hydroxylation is 1. The predicted octanol–water partition coefficient (Wildman–Crippen LogP) is 3.49. The number of methoxy groups -OCH3 is 1. The number of likely N-dealkylation sites (tertiary alicyclic amines) is 1. The number of esters is 1. The van der Waals surface area contributed by atoms with Crippen molar-refractivity contribution in [1.82, 2.24) is 14.9 Å². The zero-order valence-electron chi connectivity index (χ0n) is 14.9. The maximum absolute atomic E-state index is 13.2. The number of ether oxygens (including phenoxy) is 1. The van der Waals surface area contributed by atoms with Gasteiger partial charge in [-0.2, -0.15) is 0 Å². The van der Waals surface area contributed by atoms with Crippen LogP contribution in [0.3, 0.4) is 0 Å². The number of thiazole rings is 1. The maximum Gasteiger partial charge on any atom is 0.356 e. The van der Waals surface area contributed by atoms with Crippen LogP contribution in [0, 0.1) is 6.92 Å². The Hall–Kier alpha value is -2.28. The van der Waals surface area contributed by atoms with Crippen LogP contribution < -0.4 is 0 Å². The lowest BCUT2D eigenvalue weighted by Gasteiger charge is -2.23. The first-order valence-electron chi connectivity index (χ1n) is 8.90. The third-order valence-electron chi connectivity index (χ3n) is 4.92. The summed E-state index contributed by atoms with van der Waals surface area (Å²) in [5.41, 5.74) is 2.53. The van der Waals surface area contributed by atoms with Gasteiger partial charge in [0.25, 0.3) is 5.91 Å². The molecule has 7 heteroatoms. The number of pyridine rings is 1. The van der Waals surface area contributed by atoms with E-state index in [9.17, 15) is 9.59 Å². The van der Waals surface area contributed by atoms with Crippen molar-refractivity contribution < 1.29 is 14.3 Å². The third-order valence-corrected chi connectivity index (χ3v) is 5.98. The standard InChI is InChI=1S/C19H21N3O3S/c1-11-10-26-17(20-11)16-4-3-7-22(16)18(23)13-8-14(12-5-6-12)21-15(9-13)19(24)25-2/h8-10,12,16H,3-7H2,1-2H3. The number of hydrogen-bond acceptors (Lipinski definition) is 6. The molecule has 2 aromatic heterocycles. The minimum absolute atomic E-state index is 0.0142. The van der Waals surface area contributed by atoms with Gasteiger partial charge in [-0.3, -0.25) is 4.79 Å². The predicted molar refractivity (Wildman–Crippen MR) is 97.4 cm³/mol. The Morgan fingerprint density at radius 3 is 2.69 bits per heavy atom. The van der Waals surface area contributed by atoms with Crippen LogP contribution in [0.5, 0.6) is 0 Å². The van der Waals surface area contributed by atoms with Crippen LogP contribution in [0.25, 0.3) is 0 Å². The lowest BCUT2D eigenvalue weighted by Crippen LogP contribution is -2.31. The first-order valence-corrected chi connectivity index (χ1v) is 9.78. The van der Waals surface area contributed by atoms with Crippen molar-refractivity contribution in [3.63, 3.8) is 0 Å². The molecule has 1 aliphatic carbocycles. The van der Waals surface area contributed by atoms with Crippen molar-refractivity contribution in [2.24, 2.45) is 0 Å². The van der Waals surface area contributed by atoms with E-state index in [0.717, 1.165) is 42.1 Å². The molecule has 1 amide bonds. The smallest absolute Gasteiger partial charge is 0.356 e. The van der Waals surface area contributed by atoms with E-state index in [1.807, 2.05) is 23.3 Å². The highest BCUT2D eigenvalue weighted by Gasteiger charge is 2.34. The molecule has 26 heavy (non-hydrogen) atoms. The van der Waals surface area contributed by atoms with Gasteiger partial charge in [0, 0.05) is 34.8 Å². The van der Waals surface area contributed by atoms with Gasteiger partial charge in [-0.05, 0) is 44.7 Å². The number of aromatic nitrogens is 2. The molecule has 6 nitrogen and oxygen atoms in total. The summed E-state index contributed by atoms with van der Waals surface area (Å²) in [6.07, 6.45) is 3.98. The van der Waals surface area contributed by atoms with Gasteiger partial charge in [0.1, 0.15) is 10.7 Å². The highest BCUT2D eigenvalue weighted by molar-refractivity contribution is 7.09. The molecule has 1 unspecified atom stereocenters. The van der Waals surface area contributed by atoms with Crippen LogP contribution in [-0.2, 0) is 4.74 Å². The van der Waals surface area contributed by atoms with Gasteiger partial charge in [0.15, 0.2) is 0 Å². The van der Waals surface area contributed by atoms with E-state index >= 15 is 0 Å². The highest BCUT2D eigenvalue weighted by atomic mass is 32.1. The minimum Gasteiger partial charge on any atom is -0.464 e. The van der Waals surface area contributed by atoms with Gasteiger partial charge in [-0.1, -0.05) is 0 Å². The molecule has 0 radical (unpaired) electrons. The monoisotopic (exact) mass is 371 g/mol. The Labute approximate surface area is 156 Å². The van der Waals surface area contributed by atoms with Crippen LogP contribution in [0.1, 0.15) is 74.9 Å². The number of carbonyl (C=O) groups excluding carboxylic acids is 2. The van der Waals surface area contributed by atoms with Crippen molar-refractivity contribution in [3.8, 4) is 0 Å². The SMILES string of the molecule is COC(=O)c1cc(C(=O)N2CCCC2c2nc(C)cs2)cc(C2CC2)n1. The number of amides is 1. The molecule has 0 spiro atoms. The summed E-state index contributed by atoms with van der Waals surface area (Å²) < 4.78 is 4.81. The third kappa shape index (κ3) is 3.23. The molecule has 1 saturated carbocycles. The molecule has 2 aliphatic rings. The first-order chi connectivity index (χ1) is 12.6. The molecular weight excluding hydrogens is 350 g/mol. The van der Waals surface area contributed by atoms with Gasteiger partial charge in [0.2, 0.25) is 0 Å². The molecule has 0 aromatic carbocycles. The molecular formula is C19H21N3O3S. The van der Waals surface area contributed by atoms with E-state index in [1.165, 1.54) is 7.11 Å². The van der Waals surface area contributed by atoms with E-state index < -0.39 is 5.97 Å². The summed E-state index contributed by atoms with van der Waals surface area (Å²) in [5.74, 6) is -0.216. The van der Waals surface area contributed by atoms with E-state index in [0.29, 0.717) is 18.0 Å². The van der Waals surface area contributed by atoms with E-state index in [-0.39, 0.29) is 17.6 Å². The Morgan fingerprint density at radius 1 is 1.23 bits per heavy atom. The normalized spacial score (nSPS) is 19.6. The molecule has 4 rings (SSSR count). The molecule has 2 fully saturated rings. The molecule has 0 N–H and O–H groups in total. The minimum atomic E-state index is -0.505. The van der Waals surface area contributed by atoms with E-state index in [2.05, 4.69) is 9.97 Å². The summed E-state index contributed by atoms with van der Waals surface area (Å²) in [7, 11) is 1.33. The zero-order valence-corrected chi connectivity index (χ0v) is 15.7. The van der Waals surface area contributed by atoms with Crippen LogP contribution in [0.4, 0.5) is 0 Å². The highest BCUT2D eigenvalue weighted by Crippen LogP contribution is 2.40. The van der Waals surface area contributed by atoms with Gasteiger partial charge >= 0.3 is 5.97 Å². The molecule has 0 bridgehead atoms. The van der Waals surface area contributed by atoms with Gasteiger partial charge in [-0.15, -0.1) is 11.3 Å². The fourth-order valence-electron chi connectivity index (χ4n) is 3.43. The number of rotatable bonds is 4. The van der Waals surface area contributed by atoms with Gasteiger partial charge in [0.05, 0.1) is 13.2 Å². The second-order valence-electron chi connectivity index (χ2n) is 6.92. The average Bonchev–Trinajstić information content (AvgIpc) is 3.24. The quantitative estimate of drug-likeness (QED) is 0.769. The van der Waals surface area contributed by atoms with Crippen LogP contribution in [0.15, 0.2) is 17.5 Å². The summed E-state index contributed by atoms with van der Waals surface area (Å²) in [6.45, 7) is 2.67. The molecule has 1 saturated heterocycles. The van der Waals surface area contributed by atoms with Crippen LogP contribution >= 0.6 is 11.3 Å². The molecule has 2 aromatic rings. The van der Waals surface area contributed by atoms with Gasteiger partial charge < -0.3 is 9.64 Å². The second kappa shape index (κ2) is 6.79. The summed E-state index contributed by atoms with van der Waals surface area (Å²) in [4.78, 5) is 36.0. The molecule has 1 aliphatic heterocycles. The Balaban J connectivity index is 1.66. The molecule has 3 heterocycles. The number of hydrogen-bond donors (Lipinski definition) is 0. The Morgan fingerprint density at radius 2 is 2.04 bits per heavy atom. The van der Waals surface area contributed by atoms with Crippen molar-refractivity contribution >= 4 is 23.2 Å². The topological polar surface area (TPSA) is 72.4 Å². The van der Waals surface area contributed by atoms with Crippen molar-refractivity contribution in [1.29, 1.82) is 0 Å².